The summed E-state index contributed by atoms with van der Waals surface area (Å²) < 4.78 is 13.3. The minimum atomic E-state index is -0.674. The number of rotatable bonds is 6. The number of aryl methyl sites for hydroxylation is 1. The molecule has 0 bridgehead atoms. The second-order valence-corrected chi connectivity index (χ2v) is 5.43. The maximum atomic E-state index is 10.5. The molecule has 0 aliphatic rings. The summed E-state index contributed by atoms with van der Waals surface area (Å²) in [6.45, 7) is 2.87. The van der Waals surface area contributed by atoms with Crippen LogP contribution in [0.2, 0.25) is 0 Å². The van der Waals surface area contributed by atoms with Crippen LogP contribution < -0.4 is 9.47 Å². The van der Waals surface area contributed by atoms with Crippen molar-refractivity contribution in [1.82, 2.24) is 9.55 Å². The Balaban J connectivity index is 2.28. The third kappa shape index (κ3) is 3.39. The first-order valence-electron chi connectivity index (χ1n) is 6.70. The van der Waals surface area contributed by atoms with Gasteiger partial charge in [-0.3, -0.25) is 0 Å². The van der Waals surface area contributed by atoms with Crippen molar-refractivity contribution in [3.63, 3.8) is 0 Å². The first-order chi connectivity index (χ1) is 10.1. The fraction of sp³-hybridized carbons (Fsp3) is 0.400. The van der Waals surface area contributed by atoms with Gasteiger partial charge < -0.3 is 19.1 Å². The predicted octanol–water partition coefficient (Wildman–Crippen LogP) is 2.96. The van der Waals surface area contributed by atoms with Crippen LogP contribution in [0.5, 0.6) is 11.5 Å². The van der Waals surface area contributed by atoms with Gasteiger partial charge in [0, 0.05) is 29.8 Å². The number of hydrogen-bond acceptors (Lipinski definition) is 4. The Morgan fingerprint density at radius 1 is 1.29 bits per heavy atom. The van der Waals surface area contributed by atoms with Crippen molar-refractivity contribution in [3.05, 3.63) is 40.4 Å². The van der Waals surface area contributed by atoms with E-state index >= 15 is 0 Å². The highest BCUT2D eigenvalue weighted by atomic mass is 79.9. The number of aliphatic hydroxyl groups is 1. The van der Waals surface area contributed by atoms with Gasteiger partial charge in [0.2, 0.25) is 0 Å². The van der Waals surface area contributed by atoms with Crippen LogP contribution in [0.1, 0.15) is 24.4 Å². The van der Waals surface area contributed by atoms with Gasteiger partial charge in [-0.15, -0.1) is 0 Å². The minimum absolute atomic E-state index is 0.439. The molecule has 1 atom stereocenters. The van der Waals surface area contributed by atoms with Crippen LogP contribution in [-0.4, -0.2) is 28.9 Å². The second kappa shape index (κ2) is 6.95. The van der Waals surface area contributed by atoms with E-state index in [2.05, 4.69) is 20.9 Å². The van der Waals surface area contributed by atoms with Gasteiger partial charge >= 0.3 is 0 Å². The normalized spacial score (nSPS) is 12.2. The van der Waals surface area contributed by atoms with E-state index in [0.29, 0.717) is 17.9 Å². The molecule has 0 spiro atoms. The van der Waals surface area contributed by atoms with Crippen LogP contribution in [0, 0.1) is 0 Å². The molecule has 2 rings (SSSR count). The molecule has 0 radical (unpaired) electrons. The van der Waals surface area contributed by atoms with Crippen molar-refractivity contribution in [2.24, 2.45) is 0 Å². The van der Waals surface area contributed by atoms with Gasteiger partial charge in [0.05, 0.1) is 20.3 Å². The number of nitrogens with zero attached hydrogens (tertiary/aromatic N) is 2. The number of imidazole rings is 1. The summed E-state index contributed by atoms with van der Waals surface area (Å²) in [4.78, 5) is 4.29. The summed E-state index contributed by atoms with van der Waals surface area (Å²) in [6, 6.07) is 3.58. The van der Waals surface area contributed by atoms with Gasteiger partial charge in [-0.25, -0.2) is 4.98 Å². The number of hydrogen-bond donors (Lipinski definition) is 1. The monoisotopic (exact) mass is 354 g/mol. The van der Waals surface area contributed by atoms with Gasteiger partial charge in [0.15, 0.2) is 11.5 Å². The lowest BCUT2D eigenvalue weighted by atomic mass is 10.1. The van der Waals surface area contributed by atoms with Gasteiger partial charge in [0.1, 0.15) is 5.82 Å². The number of aliphatic hydroxyl groups excluding tert-OH is 1. The summed E-state index contributed by atoms with van der Waals surface area (Å²) >= 11 is 3.47. The summed E-state index contributed by atoms with van der Waals surface area (Å²) in [6.07, 6.45) is 3.42. The Morgan fingerprint density at radius 3 is 2.57 bits per heavy atom. The fourth-order valence-electron chi connectivity index (χ4n) is 2.23. The lowest BCUT2D eigenvalue weighted by molar-refractivity contribution is 0.173. The van der Waals surface area contributed by atoms with E-state index in [4.69, 9.17) is 9.47 Å². The number of ether oxygens (including phenoxy) is 2. The van der Waals surface area contributed by atoms with Crippen molar-refractivity contribution in [1.29, 1.82) is 0 Å². The maximum Gasteiger partial charge on any atom is 0.161 e. The molecule has 0 aliphatic heterocycles. The van der Waals surface area contributed by atoms with Crippen LogP contribution in [0.4, 0.5) is 0 Å². The zero-order valence-electron chi connectivity index (χ0n) is 12.3. The molecule has 2 aromatic rings. The van der Waals surface area contributed by atoms with E-state index in [9.17, 15) is 5.11 Å². The number of methoxy groups -OCH3 is 2. The quantitative estimate of drug-likeness (QED) is 0.866. The maximum absolute atomic E-state index is 10.5. The molecule has 5 nitrogen and oxygen atoms in total. The molecule has 6 heteroatoms. The molecular weight excluding hydrogens is 336 g/mol. The van der Waals surface area contributed by atoms with E-state index in [-0.39, 0.29) is 0 Å². The van der Waals surface area contributed by atoms with Gasteiger partial charge in [-0.05, 0) is 24.6 Å². The summed E-state index contributed by atoms with van der Waals surface area (Å²) in [5.74, 6) is 2.07. The molecular formula is C15H19BrN2O3. The van der Waals surface area contributed by atoms with Crippen LogP contribution in [0.25, 0.3) is 0 Å². The summed E-state index contributed by atoms with van der Waals surface area (Å²) in [7, 11) is 3.16. The molecule has 0 amide bonds. The predicted molar refractivity (Wildman–Crippen MR) is 83.8 cm³/mol. The van der Waals surface area contributed by atoms with Crippen molar-refractivity contribution in [3.8, 4) is 11.5 Å². The molecule has 0 saturated heterocycles. The Bertz CT molecular complexity index is 613. The van der Waals surface area contributed by atoms with E-state index in [1.807, 2.05) is 17.7 Å². The van der Waals surface area contributed by atoms with Gasteiger partial charge in [-0.2, -0.15) is 0 Å². The standard InChI is InChI=1S/C15H19BrN2O3/c1-4-18-6-5-17-15(18)9-12(19)10-7-13(20-2)14(21-3)8-11(10)16/h5-8,12,19H,4,9H2,1-3H3. The van der Waals surface area contributed by atoms with Gasteiger partial charge in [0.25, 0.3) is 0 Å². The SMILES string of the molecule is CCn1ccnc1CC(O)c1cc(OC)c(OC)cc1Br. The lowest BCUT2D eigenvalue weighted by Crippen LogP contribution is -2.09. The smallest absolute Gasteiger partial charge is 0.161 e. The Kier molecular flexibility index (Phi) is 5.25. The zero-order valence-corrected chi connectivity index (χ0v) is 13.9. The van der Waals surface area contributed by atoms with Crippen molar-refractivity contribution < 1.29 is 14.6 Å². The largest absolute Gasteiger partial charge is 0.493 e. The molecule has 21 heavy (non-hydrogen) atoms. The molecule has 0 saturated carbocycles. The zero-order chi connectivity index (χ0) is 15.4. The van der Waals surface area contributed by atoms with Crippen LogP contribution >= 0.6 is 15.9 Å². The first-order valence-corrected chi connectivity index (χ1v) is 7.49. The van der Waals surface area contributed by atoms with Crippen molar-refractivity contribution in [2.45, 2.75) is 26.0 Å². The third-order valence-electron chi connectivity index (χ3n) is 3.38. The molecule has 1 aromatic heterocycles. The van der Waals surface area contributed by atoms with E-state index in [1.54, 1.807) is 32.5 Å². The van der Waals surface area contributed by atoms with Crippen molar-refractivity contribution in [2.75, 3.05) is 14.2 Å². The second-order valence-electron chi connectivity index (χ2n) is 4.58. The van der Waals surface area contributed by atoms with E-state index < -0.39 is 6.10 Å². The van der Waals surface area contributed by atoms with E-state index in [1.165, 1.54) is 0 Å². The number of benzene rings is 1. The Morgan fingerprint density at radius 2 is 1.95 bits per heavy atom. The Hall–Kier alpha value is -1.53. The van der Waals surface area contributed by atoms with E-state index in [0.717, 1.165) is 22.4 Å². The molecule has 1 N–H and O–H groups in total. The topological polar surface area (TPSA) is 56.5 Å². The molecule has 1 unspecified atom stereocenters. The molecule has 114 valence electrons. The number of halogens is 1. The summed E-state index contributed by atoms with van der Waals surface area (Å²) in [5.41, 5.74) is 0.748. The molecule has 1 aromatic carbocycles. The molecule has 0 fully saturated rings. The molecule has 0 aliphatic carbocycles. The molecule has 1 heterocycles. The van der Waals surface area contributed by atoms with Crippen LogP contribution in [0.15, 0.2) is 29.0 Å². The number of aromatic nitrogens is 2. The first kappa shape index (κ1) is 15.9. The minimum Gasteiger partial charge on any atom is -0.493 e. The van der Waals surface area contributed by atoms with Gasteiger partial charge in [-0.1, -0.05) is 15.9 Å². The van der Waals surface area contributed by atoms with Crippen LogP contribution in [0.3, 0.4) is 0 Å². The van der Waals surface area contributed by atoms with Crippen molar-refractivity contribution >= 4 is 15.9 Å². The average molecular weight is 355 g/mol. The lowest BCUT2D eigenvalue weighted by Gasteiger charge is -2.16. The summed E-state index contributed by atoms with van der Waals surface area (Å²) in [5, 5.41) is 10.5. The highest BCUT2D eigenvalue weighted by Gasteiger charge is 2.18. The fourth-order valence-corrected chi connectivity index (χ4v) is 2.81. The Labute approximate surface area is 132 Å². The van der Waals surface area contributed by atoms with Crippen LogP contribution in [-0.2, 0) is 13.0 Å². The third-order valence-corrected chi connectivity index (χ3v) is 4.07. The average Bonchev–Trinajstić information content (AvgIpc) is 2.93. The highest BCUT2D eigenvalue weighted by Crippen LogP contribution is 2.36. The highest BCUT2D eigenvalue weighted by molar-refractivity contribution is 9.10.